The molecule has 1 aromatic carbocycles. The van der Waals surface area contributed by atoms with Crippen LogP contribution in [0.2, 0.25) is 0 Å². The van der Waals surface area contributed by atoms with Crippen LogP contribution in [0.25, 0.3) is 0 Å². The first-order chi connectivity index (χ1) is 10.4. The van der Waals surface area contributed by atoms with E-state index in [1.807, 2.05) is 13.8 Å². The van der Waals surface area contributed by atoms with Crippen LogP contribution in [0.4, 0.5) is 30.6 Å². The standard InChI is InChI=1S/C15H17F3N4/c1-3-22(4-2)13-9-10-19-14(21-13)20-12-7-5-11(6-8-12)15(16,17)18/h5-10H,3-4H2,1-2H3,(H,19,20,21). The number of anilines is 3. The summed E-state index contributed by atoms with van der Waals surface area (Å²) in [5, 5.41) is 2.91. The fourth-order valence-corrected chi connectivity index (χ4v) is 2.00. The summed E-state index contributed by atoms with van der Waals surface area (Å²) in [7, 11) is 0. The van der Waals surface area contributed by atoms with Gasteiger partial charge in [-0.3, -0.25) is 0 Å². The van der Waals surface area contributed by atoms with Crippen molar-refractivity contribution in [2.45, 2.75) is 20.0 Å². The molecule has 4 nitrogen and oxygen atoms in total. The zero-order chi connectivity index (χ0) is 16.2. The molecule has 0 atom stereocenters. The van der Waals surface area contributed by atoms with Crippen LogP contribution in [-0.4, -0.2) is 23.1 Å². The first-order valence-electron chi connectivity index (χ1n) is 6.96. The Morgan fingerprint density at radius 2 is 1.68 bits per heavy atom. The van der Waals surface area contributed by atoms with Gasteiger partial charge in [0.15, 0.2) is 0 Å². The van der Waals surface area contributed by atoms with E-state index in [9.17, 15) is 13.2 Å². The molecule has 0 bridgehead atoms. The fourth-order valence-electron chi connectivity index (χ4n) is 2.00. The van der Waals surface area contributed by atoms with E-state index in [4.69, 9.17) is 0 Å². The molecule has 0 spiro atoms. The first kappa shape index (κ1) is 16.1. The summed E-state index contributed by atoms with van der Waals surface area (Å²) in [6.07, 6.45) is -2.72. The first-order valence-corrected chi connectivity index (χ1v) is 6.96. The minimum Gasteiger partial charge on any atom is -0.357 e. The molecule has 0 amide bonds. The number of alkyl halides is 3. The van der Waals surface area contributed by atoms with E-state index >= 15 is 0 Å². The molecule has 2 aromatic rings. The Balaban J connectivity index is 2.15. The van der Waals surface area contributed by atoms with Gasteiger partial charge in [-0.2, -0.15) is 18.2 Å². The second-order valence-electron chi connectivity index (χ2n) is 4.61. The minimum absolute atomic E-state index is 0.351. The highest BCUT2D eigenvalue weighted by Gasteiger charge is 2.29. The number of nitrogens with zero attached hydrogens (tertiary/aromatic N) is 3. The van der Waals surface area contributed by atoms with Gasteiger partial charge < -0.3 is 10.2 Å². The molecule has 0 aliphatic carbocycles. The van der Waals surface area contributed by atoms with Gasteiger partial charge in [0.05, 0.1) is 5.56 Å². The summed E-state index contributed by atoms with van der Waals surface area (Å²) in [4.78, 5) is 10.5. The second kappa shape index (κ2) is 6.64. The lowest BCUT2D eigenvalue weighted by molar-refractivity contribution is -0.137. The lowest BCUT2D eigenvalue weighted by Crippen LogP contribution is -2.23. The number of nitrogens with one attached hydrogen (secondary N) is 1. The number of hydrogen-bond donors (Lipinski definition) is 1. The second-order valence-corrected chi connectivity index (χ2v) is 4.61. The molecule has 2 rings (SSSR count). The van der Waals surface area contributed by atoms with E-state index in [-0.39, 0.29) is 0 Å². The zero-order valence-corrected chi connectivity index (χ0v) is 12.4. The third-order valence-electron chi connectivity index (χ3n) is 3.20. The van der Waals surface area contributed by atoms with E-state index in [1.165, 1.54) is 12.1 Å². The summed E-state index contributed by atoms with van der Waals surface area (Å²) < 4.78 is 37.5. The monoisotopic (exact) mass is 310 g/mol. The lowest BCUT2D eigenvalue weighted by atomic mass is 10.2. The normalized spacial score (nSPS) is 11.3. The number of aromatic nitrogens is 2. The van der Waals surface area contributed by atoms with Gasteiger partial charge in [0.2, 0.25) is 5.95 Å². The van der Waals surface area contributed by atoms with Gasteiger partial charge in [-0.15, -0.1) is 0 Å². The summed E-state index contributed by atoms with van der Waals surface area (Å²) in [5.74, 6) is 1.12. The molecule has 0 aliphatic heterocycles. The van der Waals surface area contributed by atoms with Crippen LogP contribution in [0.15, 0.2) is 36.5 Å². The van der Waals surface area contributed by atoms with Crippen molar-refractivity contribution in [3.8, 4) is 0 Å². The largest absolute Gasteiger partial charge is 0.416 e. The van der Waals surface area contributed by atoms with Crippen LogP contribution < -0.4 is 10.2 Å². The maximum absolute atomic E-state index is 12.5. The van der Waals surface area contributed by atoms with Crippen LogP contribution in [0.5, 0.6) is 0 Å². The maximum Gasteiger partial charge on any atom is 0.416 e. The van der Waals surface area contributed by atoms with Crippen LogP contribution in [0.1, 0.15) is 19.4 Å². The van der Waals surface area contributed by atoms with Gasteiger partial charge in [0.25, 0.3) is 0 Å². The minimum atomic E-state index is -4.34. The molecular weight excluding hydrogens is 293 g/mol. The van der Waals surface area contributed by atoms with Crippen LogP contribution in [0, 0.1) is 0 Å². The van der Waals surface area contributed by atoms with E-state index in [0.29, 0.717) is 11.6 Å². The van der Waals surface area contributed by atoms with Crippen LogP contribution >= 0.6 is 0 Å². The number of benzene rings is 1. The van der Waals surface area contributed by atoms with Gasteiger partial charge in [-0.1, -0.05) is 0 Å². The molecule has 0 aliphatic rings. The Bertz CT molecular complexity index is 607. The van der Waals surface area contributed by atoms with E-state index < -0.39 is 11.7 Å². The maximum atomic E-state index is 12.5. The summed E-state index contributed by atoms with van der Waals surface area (Å²) in [5.41, 5.74) is -0.180. The van der Waals surface area contributed by atoms with Crippen molar-refractivity contribution in [3.05, 3.63) is 42.1 Å². The summed E-state index contributed by atoms with van der Waals surface area (Å²) >= 11 is 0. The Kier molecular flexibility index (Phi) is 4.85. The Morgan fingerprint density at radius 1 is 1.05 bits per heavy atom. The molecule has 1 heterocycles. The molecule has 0 saturated carbocycles. The molecule has 0 unspecified atom stereocenters. The van der Waals surface area contributed by atoms with Gasteiger partial charge in [0, 0.05) is 25.0 Å². The zero-order valence-electron chi connectivity index (χ0n) is 12.4. The van der Waals surface area contributed by atoms with Gasteiger partial charge >= 0.3 is 6.18 Å². The third-order valence-corrected chi connectivity index (χ3v) is 3.20. The molecule has 0 fully saturated rings. The highest BCUT2D eigenvalue weighted by Crippen LogP contribution is 2.30. The summed E-state index contributed by atoms with van der Waals surface area (Å²) in [6.45, 7) is 5.67. The molecule has 0 radical (unpaired) electrons. The highest BCUT2D eigenvalue weighted by molar-refractivity contribution is 5.55. The van der Waals surface area contributed by atoms with E-state index in [1.54, 1.807) is 12.3 Å². The quantitative estimate of drug-likeness (QED) is 0.903. The lowest BCUT2D eigenvalue weighted by Gasteiger charge is -2.19. The third kappa shape index (κ3) is 3.87. The fraction of sp³-hybridized carbons (Fsp3) is 0.333. The molecule has 22 heavy (non-hydrogen) atoms. The average Bonchev–Trinajstić information content (AvgIpc) is 2.48. The Morgan fingerprint density at radius 3 is 2.23 bits per heavy atom. The molecule has 0 saturated heterocycles. The molecule has 118 valence electrons. The van der Waals surface area contributed by atoms with E-state index in [0.717, 1.165) is 31.0 Å². The molecule has 1 N–H and O–H groups in total. The van der Waals surface area contributed by atoms with Crippen molar-refractivity contribution in [1.29, 1.82) is 0 Å². The van der Waals surface area contributed by atoms with Crippen molar-refractivity contribution in [1.82, 2.24) is 9.97 Å². The number of halogens is 3. The molecular formula is C15H17F3N4. The van der Waals surface area contributed by atoms with Gasteiger partial charge in [0.1, 0.15) is 5.82 Å². The van der Waals surface area contributed by atoms with Crippen molar-refractivity contribution >= 4 is 17.5 Å². The highest BCUT2D eigenvalue weighted by atomic mass is 19.4. The molecule has 7 heteroatoms. The molecule has 1 aromatic heterocycles. The number of hydrogen-bond acceptors (Lipinski definition) is 4. The average molecular weight is 310 g/mol. The van der Waals surface area contributed by atoms with Gasteiger partial charge in [-0.05, 0) is 44.2 Å². The smallest absolute Gasteiger partial charge is 0.357 e. The Labute approximate surface area is 127 Å². The summed E-state index contributed by atoms with van der Waals surface area (Å²) in [6, 6.07) is 6.56. The topological polar surface area (TPSA) is 41.1 Å². The predicted octanol–water partition coefficient (Wildman–Crippen LogP) is 4.09. The van der Waals surface area contributed by atoms with Crippen molar-refractivity contribution in [2.24, 2.45) is 0 Å². The SMILES string of the molecule is CCN(CC)c1ccnc(Nc2ccc(C(F)(F)F)cc2)n1. The van der Waals surface area contributed by atoms with E-state index in [2.05, 4.69) is 20.2 Å². The van der Waals surface area contributed by atoms with Crippen LogP contribution in [0.3, 0.4) is 0 Å². The van der Waals surface area contributed by atoms with Gasteiger partial charge in [-0.25, -0.2) is 4.98 Å². The van der Waals surface area contributed by atoms with Crippen molar-refractivity contribution < 1.29 is 13.2 Å². The predicted molar refractivity (Wildman–Crippen MR) is 80.3 cm³/mol. The number of rotatable bonds is 5. The van der Waals surface area contributed by atoms with Crippen molar-refractivity contribution in [3.63, 3.8) is 0 Å². The van der Waals surface area contributed by atoms with Crippen LogP contribution in [-0.2, 0) is 6.18 Å². The Hall–Kier alpha value is -2.31. The van der Waals surface area contributed by atoms with Crippen molar-refractivity contribution in [2.75, 3.05) is 23.3 Å².